The number of aromatic nitrogens is 2. The van der Waals surface area contributed by atoms with Crippen molar-refractivity contribution in [2.75, 3.05) is 6.61 Å². The number of hydrogen-bond acceptors (Lipinski definition) is 6. The third-order valence-corrected chi connectivity index (χ3v) is 3.74. The Balaban J connectivity index is 1.97. The van der Waals surface area contributed by atoms with E-state index in [-0.39, 0.29) is 0 Å². The van der Waals surface area contributed by atoms with Gasteiger partial charge in [-0.25, -0.2) is 15.0 Å². The topological polar surface area (TPSA) is 72.1 Å². The Hall–Kier alpha value is -3.67. The standard InChI is InChI=1S/C20H15N5O/c1-2-5-18-15(4-1)13-22-10-9-21-8-3-11-26-16-6-7-19-17(12-16)20(25-18)24-14-23-19/h1-10,12-14H,11H2/b8-3-,15-13-,21-9-,22-10-,25-18-. The van der Waals surface area contributed by atoms with Gasteiger partial charge in [-0.1, -0.05) is 18.2 Å². The fraction of sp³-hybridized carbons (Fsp3) is 0.0500. The number of para-hydroxylation sites is 1. The van der Waals surface area contributed by atoms with Gasteiger partial charge in [0.05, 0.1) is 10.9 Å². The normalized spacial score (nSPS) is 20.0. The summed E-state index contributed by atoms with van der Waals surface area (Å²) in [4.78, 5) is 21.8. The monoisotopic (exact) mass is 341 g/mol. The molecule has 0 spiro atoms. The minimum atomic E-state index is 0.412. The minimum absolute atomic E-state index is 0.412. The molecule has 2 aromatic carbocycles. The number of ether oxygens (including phenoxy) is 1. The molecule has 6 nitrogen and oxygen atoms in total. The molecule has 2 heterocycles. The van der Waals surface area contributed by atoms with E-state index in [4.69, 9.17) is 9.73 Å². The van der Waals surface area contributed by atoms with Crippen LogP contribution < -0.4 is 15.3 Å². The Labute approximate surface area is 149 Å². The maximum Gasteiger partial charge on any atom is 0.163 e. The average Bonchev–Trinajstić information content (AvgIpc) is 2.67. The lowest BCUT2D eigenvalue weighted by molar-refractivity contribution is 0.363. The Morgan fingerprint density at radius 1 is 0.923 bits per heavy atom. The molecule has 1 aliphatic heterocycles. The van der Waals surface area contributed by atoms with Crippen molar-refractivity contribution in [3.05, 3.63) is 71.6 Å². The first-order valence-corrected chi connectivity index (χ1v) is 8.12. The SMILES string of the molecule is C1=C/N=C\C=N/C=c2/cccc/c2=N/c2ncnc3ccc(cc23)OC\1. The summed E-state index contributed by atoms with van der Waals surface area (Å²) in [6, 6.07) is 13.4. The molecule has 1 aliphatic rings. The molecule has 0 atom stereocenters. The molecule has 0 radical (unpaired) electrons. The Bertz CT molecular complexity index is 1150. The fourth-order valence-electron chi connectivity index (χ4n) is 2.51. The molecular weight excluding hydrogens is 326 g/mol. The van der Waals surface area contributed by atoms with Crippen LogP contribution in [0.25, 0.3) is 17.1 Å². The predicted octanol–water partition coefficient (Wildman–Crippen LogP) is 2.37. The summed E-state index contributed by atoms with van der Waals surface area (Å²) in [6.07, 6.45) is 10.0. The molecule has 6 heteroatoms. The van der Waals surface area contributed by atoms with E-state index in [1.807, 2.05) is 48.5 Å². The summed E-state index contributed by atoms with van der Waals surface area (Å²) in [5.74, 6) is 1.32. The third kappa shape index (κ3) is 3.54. The van der Waals surface area contributed by atoms with Gasteiger partial charge in [-0.3, -0.25) is 9.98 Å². The van der Waals surface area contributed by atoms with Crippen molar-refractivity contribution >= 4 is 35.3 Å². The molecule has 1 aromatic heterocycles. The highest BCUT2D eigenvalue weighted by atomic mass is 16.5. The van der Waals surface area contributed by atoms with E-state index < -0.39 is 0 Å². The maximum atomic E-state index is 5.74. The molecule has 0 saturated heterocycles. The number of nitrogens with zero attached hydrogens (tertiary/aromatic N) is 5. The van der Waals surface area contributed by atoms with Crippen LogP contribution in [-0.4, -0.2) is 29.0 Å². The van der Waals surface area contributed by atoms with Crippen molar-refractivity contribution in [2.24, 2.45) is 15.0 Å². The highest BCUT2D eigenvalue weighted by Gasteiger charge is 2.04. The van der Waals surface area contributed by atoms with Crippen LogP contribution in [0.3, 0.4) is 0 Å². The second kappa shape index (κ2) is 7.48. The smallest absolute Gasteiger partial charge is 0.163 e. The molecule has 126 valence electrons. The first-order valence-electron chi connectivity index (χ1n) is 8.12. The molecule has 0 saturated carbocycles. The van der Waals surface area contributed by atoms with Crippen LogP contribution in [0.2, 0.25) is 0 Å². The summed E-state index contributed by atoms with van der Waals surface area (Å²) < 4.78 is 5.74. The predicted molar refractivity (Wildman–Crippen MR) is 103 cm³/mol. The minimum Gasteiger partial charge on any atom is -0.489 e. The number of aliphatic imine (C=N–C) groups is 2. The Morgan fingerprint density at radius 3 is 2.85 bits per heavy atom. The molecule has 0 unspecified atom stereocenters. The molecular formula is C20H15N5O. The van der Waals surface area contributed by atoms with E-state index >= 15 is 0 Å². The first-order chi connectivity index (χ1) is 12.9. The number of benzene rings is 2. The van der Waals surface area contributed by atoms with Crippen molar-refractivity contribution in [1.29, 1.82) is 0 Å². The van der Waals surface area contributed by atoms with Crippen molar-refractivity contribution < 1.29 is 4.74 Å². The zero-order valence-electron chi connectivity index (χ0n) is 13.9. The van der Waals surface area contributed by atoms with Crippen LogP contribution in [0, 0.1) is 0 Å². The van der Waals surface area contributed by atoms with E-state index in [0.29, 0.717) is 12.4 Å². The van der Waals surface area contributed by atoms with Crippen molar-refractivity contribution in [3.63, 3.8) is 0 Å². The zero-order valence-corrected chi connectivity index (χ0v) is 13.9. The number of rotatable bonds is 0. The molecule has 0 aliphatic carbocycles. The van der Waals surface area contributed by atoms with Crippen molar-refractivity contribution in [2.45, 2.75) is 0 Å². The van der Waals surface area contributed by atoms with Crippen LogP contribution in [0.5, 0.6) is 5.75 Å². The van der Waals surface area contributed by atoms with Crippen molar-refractivity contribution in [1.82, 2.24) is 9.97 Å². The lowest BCUT2D eigenvalue weighted by atomic mass is 10.2. The summed E-state index contributed by atoms with van der Waals surface area (Å²) in [5, 5.41) is 2.50. The Morgan fingerprint density at radius 2 is 1.85 bits per heavy atom. The summed E-state index contributed by atoms with van der Waals surface area (Å²) in [7, 11) is 0. The third-order valence-electron chi connectivity index (χ3n) is 3.74. The van der Waals surface area contributed by atoms with Gasteiger partial charge >= 0.3 is 0 Å². The lowest BCUT2D eigenvalue weighted by Crippen LogP contribution is -2.23. The summed E-state index contributed by atoms with van der Waals surface area (Å²) in [6.45, 7) is 0.412. The van der Waals surface area contributed by atoms with Gasteiger partial charge in [0.2, 0.25) is 0 Å². The van der Waals surface area contributed by atoms with Crippen molar-refractivity contribution in [3.8, 4) is 5.75 Å². The lowest BCUT2D eigenvalue weighted by Gasteiger charge is -2.05. The average molecular weight is 341 g/mol. The molecule has 26 heavy (non-hydrogen) atoms. The van der Waals surface area contributed by atoms with Crippen LogP contribution in [0.4, 0.5) is 5.82 Å². The Kier molecular flexibility index (Phi) is 4.56. The van der Waals surface area contributed by atoms with Gasteiger partial charge in [-0.2, -0.15) is 0 Å². The quantitative estimate of drug-likeness (QED) is 0.630. The van der Waals surface area contributed by atoms with E-state index in [1.165, 1.54) is 6.33 Å². The fourth-order valence-corrected chi connectivity index (χ4v) is 2.51. The number of hydrogen-bond donors (Lipinski definition) is 0. The van der Waals surface area contributed by atoms with Gasteiger partial charge < -0.3 is 4.74 Å². The largest absolute Gasteiger partial charge is 0.489 e. The van der Waals surface area contributed by atoms with Crippen LogP contribution in [-0.2, 0) is 0 Å². The van der Waals surface area contributed by atoms with Crippen LogP contribution in [0.1, 0.15) is 0 Å². The second-order valence-corrected chi connectivity index (χ2v) is 5.47. The van der Waals surface area contributed by atoms with E-state index in [9.17, 15) is 0 Å². The van der Waals surface area contributed by atoms with E-state index in [1.54, 1.807) is 24.8 Å². The highest BCUT2D eigenvalue weighted by Crippen LogP contribution is 2.25. The molecule has 0 N–H and O–H groups in total. The molecule has 4 rings (SSSR count). The molecule has 3 aromatic rings. The molecule has 0 fully saturated rings. The molecule has 0 amide bonds. The summed E-state index contributed by atoms with van der Waals surface area (Å²) in [5.41, 5.74) is 0.812. The van der Waals surface area contributed by atoms with Gasteiger partial charge in [-0.15, -0.1) is 0 Å². The van der Waals surface area contributed by atoms with Gasteiger partial charge in [0.15, 0.2) is 5.82 Å². The van der Waals surface area contributed by atoms with E-state index in [0.717, 1.165) is 27.2 Å². The summed E-state index contributed by atoms with van der Waals surface area (Å²) >= 11 is 0. The van der Waals surface area contributed by atoms with E-state index in [2.05, 4.69) is 20.0 Å². The van der Waals surface area contributed by atoms with Gasteiger partial charge in [0.1, 0.15) is 18.7 Å². The maximum absolute atomic E-state index is 5.74. The second-order valence-electron chi connectivity index (χ2n) is 5.47. The zero-order chi connectivity index (χ0) is 17.6. The van der Waals surface area contributed by atoms with Gasteiger partial charge in [0, 0.05) is 35.4 Å². The first kappa shape index (κ1) is 15.8. The highest BCUT2D eigenvalue weighted by molar-refractivity contribution is 6.16. The van der Waals surface area contributed by atoms with Crippen LogP contribution in [0.15, 0.2) is 76.0 Å². The van der Waals surface area contributed by atoms with Crippen LogP contribution >= 0.6 is 0 Å². The van der Waals surface area contributed by atoms with Gasteiger partial charge in [0.25, 0.3) is 0 Å². The van der Waals surface area contributed by atoms with Gasteiger partial charge in [-0.05, 0) is 30.3 Å². The number of fused-ring (bicyclic) bond motifs is 2. The molecule has 2 bridgehead atoms.